The second-order valence-corrected chi connectivity index (χ2v) is 7.93. The molecule has 0 saturated heterocycles. The minimum absolute atomic E-state index is 0.0399. The highest BCUT2D eigenvalue weighted by atomic mass is 35.5. The van der Waals surface area contributed by atoms with Crippen LogP contribution in [0.4, 0.5) is 0 Å². The number of nitrogens with one attached hydrogen (secondary N) is 1. The third-order valence-electron chi connectivity index (χ3n) is 4.06. The number of hydrogen-bond donors (Lipinski definition) is 1. The number of hydrogen-bond acceptors (Lipinski definition) is 2. The van der Waals surface area contributed by atoms with E-state index in [0.29, 0.717) is 22.2 Å². The van der Waals surface area contributed by atoms with Gasteiger partial charge in [0.1, 0.15) is 0 Å². The topological polar surface area (TPSA) is 29.1 Å². The second kappa shape index (κ2) is 7.46. The van der Waals surface area contributed by atoms with Crippen molar-refractivity contribution in [2.24, 2.45) is 11.8 Å². The Kier molecular flexibility index (Phi) is 5.91. The van der Waals surface area contributed by atoms with Crippen LogP contribution in [0, 0.1) is 11.8 Å². The molecule has 1 amide bonds. The zero-order valence-electron chi connectivity index (χ0n) is 12.3. The molecule has 0 spiro atoms. The maximum Gasteiger partial charge on any atom is 0.261 e. The fourth-order valence-electron chi connectivity index (χ4n) is 3.09. The number of thiophene rings is 1. The van der Waals surface area contributed by atoms with E-state index in [1.54, 1.807) is 6.07 Å². The molecule has 20 heavy (non-hydrogen) atoms. The van der Waals surface area contributed by atoms with Gasteiger partial charge in [-0.2, -0.15) is 0 Å². The van der Waals surface area contributed by atoms with Crippen LogP contribution in [0.5, 0.6) is 0 Å². The largest absolute Gasteiger partial charge is 0.348 e. The van der Waals surface area contributed by atoms with Crippen molar-refractivity contribution in [1.29, 1.82) is 0 Å². The molecule has 1 saturated carbocycles. The van der Waals surface area contributed by atoms with Gasteiger partial charge < -0.3 is 5.32 Å². The van der Waals surface area contributed by atoms with Gasteiger partial charge in [-0.15, -0.1) is 11.3 Å². The molecule has 1 aliphatic carbocycles. The van der Waals surface area contributed by atoms with E-state index < -0.39 is 0 Å². The fraction of sp³-hybridized carbons (Fsp3) is 0.688. The van der Waals surface area contributed by atoms with Gasteiger partial charge in [0.25, 0.3) is 5.91 Å². The third-order valence-corrected chi connectivity index (χ3v) is 5.29. The highest BCUT2D eigenvalue weighted by Crippen LogP contribution is 2.30. The van der Waals surface area contributed by atoms with Gasteiger partial charge in [0.15, 0.2) is 0 Å². The van der Waals surface area contributed by atoms with Crippen LogP contribution in [0.25, 0.3) is 0 Å². The molecule has 1 atom stereocenters. The van der Waals surface area contributed by atoms with Crippen LogP contribution in [-0.2, 0) is 0 Å². The van der Waals surface area contributed by atoms with E-state index >= 15 is 0 Å². The molecule has 1 aromatic rings. The highest BCUT2D eigenvalue weighted by Gasteiger charge is 2.26. The molecular weight excluding hydrogens is 290 g/mol. The van der Waals surface area contributed by atoms with Gasteiger partial charge in [0.2, 0.25) is 0 Å². The predicted molar refractivity (Wildman–Crippen MR) is 86.6 cm³/mol. The van der Waals surface area contributed by atoms with Gasteiger partial charge >= 0.3 is 0 Å². The summed E-state index contributed by atoms with van der Waals surface area (Å²) in [5, 5.41) is 3.26. The first-order chi connectivity index (χ1) is 9.56. The Hall–Kier alpha value is -0.540. The first-order valence-corrected chi connectivity index (χ1v) is 8.82. The summed E-state index contributed by atoms with van der Waals surface area (Å²) in [6.45, 7) is 4.45. The molecule has 0 unspecified atom stereocenters. The number of carbonyl (C=O) groups excluding carboxylic acids is 1. The quantitative estimate of drug-likeness (QED) is 0.802. The molecule has 1 aromatic heterocycles. The molecule has 2 nitrogen and oxygen atoms in total. The van der Waals surface area contributed by atoms with Gasteiger partial charge in [-0.3, -0.25) is 4.79 Å². The molecule has 1 heterocycles. The van der Waals surface area contributed by atoms with Gasteiger partial charge in [-0.05, 0) is 43.2 Å². The molecule has 1 aliphatic rings. The Morgan fingerprint density at radius 3 is 2.60 bits per heavy atom. The zero-order valence-corrected chi connectivity index (χ0v) is 13.9. The van der Waals surface area contributed by atoms with Crippen LogP contribution in [0.3, 0.4) is 0 Å². The average Bonchev–Trinajstić information content (AvgIpc) is 2.85. The van der Waals surface area contributed by atoms with Crippen molar-refractivity contribution in [3.63, 3.8) is 0 Å². The Morgan fingerprint density at radius 2 is 2.05 bits per heavy atom. The second-order valence-electron chi connectivity index (χ2n) is 6.21. The molecule has 4 heteroatoms. The van der Waals surface area contributed by atoms with E-state index in [4.69, 9.17) is 11.6 Å². The lowest BCUT2D eigenvalue weighted by molar-refractivity contribution is 0.0908. The summed E-state index contributed by atoms with van der Waals surface area (Å²) in [4.78, 5) is 13.1. The molecule has 1 fully saturated rings. The summed E-state index contributed by atoms with van der Waals surface area (Å²) in [7, 11) is 0. The third kappa shape index (κ3) is 4.49. The van der Waals surface area contributed by atoms with E-state index in [0.717, 1.165) is 11.3 Å². The highest BCUT2D eigenvalue weighted by molar-refractivity contribution is 7.17. The summed E-state index contributed by atoms with van der Waals surface area (Å²) in [5.74, 6) is 1.29. The van der Waals surface area contributed by atoms with Crippen LogP contribution in [0.15, 0.2) is 12.1 Å². The first kappa shape index (κ1) is 15.8. The monoisotopic (exact) mass is 313 g/mol. The molecule has 112 valence electrons. The van der Waals surface area contributed by atoms with Crippen molar-refractivity contribution in [1.82, 2.24) is 5.32 Å². The van der Waals surface area contributed by atoms with Crippen LogP contribution < -0.4 is 5.32 Å². The standard InChI is InChI=1S/C16H24ClNOS/c1-11(2)10-13(12-6-4-3-5-7-12)18-16(19)14-8-9-15(17)20-14/h8-9,11-13H,3-7,10H2,1-2H3,(H,18,19)/t13-/m1/s1. The summed E-state index contributed by atoms with van der Waals surface area (Å²) in [5.41, 5.74) is 0. The average molecular weight is 314 g/mol. The lowest BCUT2D eigenvalue weighted by Gasteiger charge is -2.32. The van der Waals surface area contributed by atoms with E-state index in [1.807, 2.05) is 6.07 Å². The van der Waals surface area contributed by atoms with Crippen LogP contribution >= 0.6 is 22.9 Å². The van der Waals surface area contributed by atoms with Crippen LogP contribution in [0.1, 0.15) is 62.0 Å². The van der Waals surface area contributed by atoms with E-state index in [2.05, 4.69) is 19.2 Å². The smallest absolute Gasteiger partial charge is 0.261 e. The van der Waals surface area contributed by atoms with Crippen LogP contribution in [0.2, 0.25) is 4.34 Å². The van der Waals surface area contributed by atoms with Crippen molar-refractivity contribution < 1.29 is 4.79 Å². The van der Waals surface area contributed by atoms with Gasteiger partial charge in [-0.25, -0.2) is 0 Å². The lowest BCUT2D eigenvalue weighted by Crippen LogP contribution is -2.41. The summed E-state index contributed by atoms with van der Waals surface area (Å²) in [6, 6.07) is 3.91. The summed E-state index contributed by atoms with van der Waals surface area (Å²) < 4.78 is 0.674. The van der Waals surface area contributed by atoms with E-state index in [-0.39, 0.29) is 5.91 Å². The maximum atomic E-state index is 12.3. The van der Waals surface area contributed by atoms with E-state index in [9.17, 15) is 4.79 Å². The van der Waals surface area contributed by atoms with Crippen molar-refractivity contribution in [3.8, 4) is 0 Å². The number of carbonyl (C=O) groups is 1. The normalized spacial score (nSPS) is 18.2. The summed E-state index contributed by atoms with van der Waals surface area (Å²) in [6.07, 6.45) is 7.53. The minimum Gasteiger partial charge on any atom is -0.348 e. The van der Waals surface area contributed by atoms with E-state index in [1.165, 1.54) is 43.4 Å². The van der Waals surface area contributed by atoms with Gasteiger partial charge in [0.05, 0.1) is 9.21 Å². The maximum absolute atomic E-state index is 12.3. The zero-order chi connectivity index (χ0) is 14.5. The number of halogens is 1. The predicted octanol–water partition coefficient (Wildman–Crippen LogP) is 5.13. The summed E-state index contributed by atoms with van der Waals surface area (Å²) >= 11 is 7.27. The molecular formula is C16H24ClNOS. The minimum atomic E-state index is 0.0399. The van der Waals surface area contributed by atoms with Gasteiger partial charge in [0, 0.05) is 6.04 Å². The molecule has 0 bridgehead atoms. The Labute approximate surface area is 130 Å². The Morgan fingerprint density at radius 1 is 1.35 bits per heavy atom. The lowest BCUT2D eigenvalue weighted by atomic mass is 9.81. The Balaban J connectivity index is 2.00. The van der Waals surface area contributed by atoms with Crippen molar-refractivity contribution >= 4 is 28.8 Å². The molecule has 0 radical (unpaired) electrons. The van der Waals surface area contributed by atoms with Crippen molar-refractivity contribution in [2.75, 3.05) is 0 Å². The molecule has 2 rings (SSSR count). The van der Waals surface area contributed by atoms with Gasteiger partial charge in [-0.1, -0.05) is 44.7 Å². The van der Waals surface area contributed by atoms with Crippen molar-refractivity contribution in [3.05, 3.63) is 21.3 Å². The molecule has 0 aromatic carbocycles. The first-order valence-electron chi connectivity index (χ1n) is 7.62. The Bertz CT molecular complexity index is 437. The molecule has 1 N–H and O–H groups in total. The van der Waals surface area contributed by atoms with Crippen molar-refractivity contribution in [2.45, 2.75) is 58.4 Å². The number of rotatable bonds is 5. The SMILES string of the molecule is CC(C)C[C@@H](NC(=O)c1ccc(Cl)s1)C1CCCCC1. The molecule has 0 aliphatic heterocycles. The fourth-order valence-corrected chi connectivity index (χ4v) is 4.04. The van der Waals surface area contributed by atoms with Crippen LogP contribution in [-0.4, -0.2) is 11.9 Å². The number of amides is 1.